The molecule has 32 heavy (non-hydrogen) atoms. The molecule has 1 atom stereocenters. The highest BCUT2D eigenvalue weighted by Crippen LogP contribution is 2.24. The van der Waals surface area contributed by atoms with E-state index in [2.05, 4.69) is 10.6 Å². The van der Waals surface area contributed by atoms with Gasteiger partial charge in [-0.2, -0.15) is 0 Å². The van der Waals surface area contributed by atoms with Crippen molar-refractivity contribution in [2.24, 2.45) is 0 Å². The predicted octanol–water partition coefficient (Wildman–Crippen LogP) is 4.18. The second kappa shape index (κ2) is 11.2. The Morgan fingerprint density at radius 1 is 1.03 bits per heavy atom. The number of benzene rings is 2. The molecule has 0 spiro atoms. The maximum absolute atomic E-state index is 12.7. The SMILES string of the molecule is Cc1ccccc1NC(=O)[C@H](C)OC(=O)c1ccccc1SCC(=O)NCc1ccco1. The van der Waals surface area contributed by atoms with E-state index in [1.165, 1.54) is 18.7 Å². The molecule has 2 amide bonds. The summed E-state index contributed by atoms with van der Waals surface area (Å²) in [6, 6.07) is 17.7. The normalized spacial score (nSPS) is 11.4. The number of amides is 2. The van der Waals surface area contributed by atoms with Gasteiger partial charge in [0, 0.05) is 10.6 Å². The van der Waals surface area contributed by atoms with Gasteiger partial charge in [0.25, 0.3) is 5.91 Å². The van der Waals surface area contributed by atoms with Crippen LogP contribution in [0.4, 0.5) is 5.69 Å². The van der Waals surface area contributed by atoms with Crippen LogP contribution in [0.3, 0.4) is 0 Å². The van der Waals surface area contributed by atoms with E-state index in [9.17, 15) is 14.4 Å². The number of furan rings is 1. The fourth-order valence-electron chi connectivity index (χ4n) is 2.78. The Kier molecular flexibility index (Phi) is 8.10. The van der Waals surface area contributed by atoms with Crippen LogP contribution in [-0.2, 0) is 20.9 Å². The molecule has 166 valence electrons. The molecule has 0 aliphatic heterocycles. The Bertz CT molecular complexity index is 1080. The van der Waals surface area contributed by atoms with E-state index in [-0.39, 0.29) is 11.7 Å². The van der Waals surface area contributed by atoms with Gasteiger partial charge in [-0.05, 0) is 49.7 Å². The van der Waals surface area contributed by atoms with Gasteiger partial charge in [0.2, 0.25) is 5.91 Å². The van der Waals surface area contributed by atoms with E-state index in [0.717, 1.165) is 5.56 Å². The second-order valence-electron chi connectivity index (χ2n) is 6.99. The fraction of sp³-hybridized carbons (Fsp3) is 0.208. The minimum atomic E-state index is -0.989. The molecule has 0 radical (unpaired) electrons. The van der Waals surface area contributed by atoms with Crippen LogP contribution in [0.25, 0.3) is 0 Å². The minimum absolute atomic E-state index is 0.119. The fourth-order valence-corrected chi connectivity index (χ4v) is 3.65. The van der Waals surface area contributed by atoms with E-state index >= 15 is 0 Å². The number of hydrogen-bond acceptors (Lipinski definition) is 6. The van der Waals surface area contributed by atoms with Gasteiger partial charge < -0.3 is 19.8 Å². The van der Waals surface area contributed by atoms with Gasteiger partial charge in [-0.1, -0.05) is 30.3 Å². The van der Waals surface area contributed by atoms with E-state index in [0.29, 0.717) is 28.5 Å². The Balaban J connectivity index is 1.55. The van der Waals surface area contributed by atoms with E-state index in [1.54, 1.807) is 48.7 Å². The predicted molar refractivity (Wildman–Crippen MR) is 122 cm³/mol. The molecule has 0 saturated carbocycles. The molecule has 3 aromatic rings. The standard InChI is InChI=1S/C24H24N2O5S/c1-16-8-3-5-11-20(16)26-23(28)17(2)31-24(29)19-10-4-6-12-21(19)32-15-22(27)25-14-18-9-7-13-30-18/h3-13,17H,14-15H2,1-2H3,(H,25,27)(H,26,28)/t17-/m0/s1. The molecular weight excluding hydrogens is 428 g/mol. The van der Waals surface area contributed by atoms with Crippen molar-refractivity contribution in [3.63, 3.8) is 0 Å². The molecule has 7 nitrogen and oxygen atoms in total. The van der Waals surface area contributed by atoms with Gasteiger partial charge in [0.15, 0.2) is 6.10 Å². The number of ether oxygens (including phenoxy) is 1. The molecule has 1 aromatic heterocycles. The van der Waals surface area contributed by atoms with E-state index < -0.39 is 18.0 Å². The summed E-state index contributed by atoms with van der Waals surface area (Å²) in [4.78, 5) is 37.9. The van der Waals surface area contributed by atoms with Crippen LogP contribution < -0.4 is 10.6 Å². The summed E-state index contributed by atoms with van der Waals surface area (Å²) in [5.41, 5.74) is 1.87. The minimum Gasteiger partial charge on any atom is -0.467 e. The van der Waals surface area contributed by atoms with Crippen LogP contribution in [0, 0.1) is 6.92 Å². The lowest BCUT2D eigenvalue weighted by molar-refractivity contribution is -0.123. The first-order chi connectivity index (χ1) is 15.4. The van der Waals surface area contributed by atoms with E-state index in [1.807, 2.05) is 25.1 Å². The first-order valence-corrected chi connectivity index (χ1v) is 11.0. The maximum atomic E-state index is 12.7. The molecule has 0 bridgehead atoms. The number of carbonyl (C=O) groups is 3. The van der Waals surface area contributed by atoms with Crippen molar-refractivity contribution in [2.75, 3.05) is 11.1 Å². The molecule has 0 aliphatic rings. The molecule has 8 heteroatoms. The summed E-state index contributed by atoms with van der Waals surface area (Å²) in [6.07, 6.45) is 0.553. The number of nitrogens with one attached hydrogen (secondary N) is 2. The van der Waals surface area contributed by atoms with Crippen molar-refractivity contribution in [2.45, 2.75) is 31.4 Å². The monoisotopic (exact) mass is 452 g/mol. The van der Waals surface area contributed by atoms with Crippen LogP contribution in [-0.4, -0.2) is 29.6 Å². The largest absolute Gasteiger partial charge is 0.467 e. The highest BCUT2D eigenvalue weighted by Gasteiger charge is 2.21. The third-order valence-corrected chi connectivity index (χ3v) is 5.64. The van der Waals surface area contributed by atoms with Crippen molar-refractivity contribution in [3.8, 4) is 0 Å². The van der Waals surface area contributed by atoms with Gasteiger partial charge in [-0.3, -0.25) is 9.59 Å². The quantitative estimate of drug-likeness (QED) is 0.373. The Labute approximate surface area is 190 Å². The number of thioether (sulfide) groups is 1. The highest BCUT2D eigenvalue weighted by atomic mass is 32.2. The average molecular weight is 453 g/mol. The number of rotatable bonds is 9. The van der Waals surface area contributed by atoms with Crippen molar-refractivity contribution < 1.29 is 23.5 Å². The zero-order valence-electron chi connectivity index (χ0n) is 17.8. The zero-order chi connectivity index (χ0) is 22.9. The summed E-state index contributed by atoms with van der Waals surface area (Å²) in [5.74, 6) is -0.466. The number of hydrogen-bond donors (Lipinski definition) is 2. The lowest BCUT2D eigenvalue weighted by Gasteiger charge is -2.16. The third kappa shape index (κ3) is 6.49. The van der Waals surface area contributed by atoms with Gasteiger partial charge >= 0.3 is 5.97 Å². The maximum Gasteiger partial charge on any atom is 0.340 e. The summed E-state index contributed by atoms with van der Waals surface area (Å²) in [5, 5.41) is 5.52. The number of carbonyl (C=O) groups excluding carboxylic acids is 3. The zero-order valence-corrected chi connectivity index (χ0v) is 18.6. The Morgan fingerprint density at radius 3 is 2.53 bits per heavy atom. The first-order valence-electron chi connectivity index (χ1n) is 10.0. The third-order valence-electron chi connectivity index (χ3n) is 4.56. The topological polar surface area (TPSA) is 97.6 Å². The first kappa shape index (κ1) is 23.1. The summed E-state index contributed by atoms with van der Waals surface area (Å²) < 4.78 is 10.6. The van der Waals surface area contributed by atoms with Crippen molar-refractivity contribution >= 4 is 35.2 Å². The Morgan fingerprint density at radius 2 is 1.78 bits per heavy atom. The van der Waals surface area contributed by atoms with Crippen LogP contribution in [0.2, 0.25) is 0 Å². The van der Waals surface area contributed by atoms with Gasteiger partial charge in [0.1, 0.15) is 5.76 Å². The summed E-state index contributed by atoms with van der Waals surface area (Å²) in [7, 11) is 0. The molecule has 2 aromatic carbocycles. The molecule has 1 heterocycles. The summed E-state index contributed by atoms with van der Waals surface area (Å²) >= 11 is 1.22. The Hall–Kier alpha value is -3.52. The van der Waals surface area contributed by atoms with Crippen molar-refractivity contribution in [1.82, 2.24) is 5.32 Å². The molecule has 3 rings (SSSR count). The molecular formula is C24H24N2O5S. The number of esters is 1. The van der Waals surface area contributed by atoms with Crippen LogP contribution >= 0.6 is 11.8 Å². The van der Waals surface area contributed by atoms with Crippen LogP contribution in [0.15, 0.2) is 76.2 Å². The molecule has 0 saturated heterocycles. The van der Waals surface area contributed by atoms with Crippen LogP contribution in [0.5, 0.6) is 0 Å². The lowest BCUT2D eigenvalue weighted by Crippen LogP contribution is -2.30. The van der Waals surface area contributed by atoms with Crippen LogP contribution in [0.1, 0.15) is 28.6 Å². The number of para-hydroxylation sites is 1. The molecule has 0 unspecified atom stereocenters. The number of anilines is 1. The van der Waals surface area contributed by atoms with Gasteiger partial charge in [-0.25, -0.2) is 4.79 Å². The second-order valence-corrected chi connectivity index (χ2v) is 8.01. The average Bonchev–Trinajstić information content (AvgIpc) is 3.31. The van der Waals surface area contributed by atoms with Gasteiger partial charge in [0.05, 0.1) is 24.1 Å². The van der Waals surface area contributed by atoms with Crippen molar-refractivity contribution in [3.05, 3.63) is 83.8 Å². The summed E-state index contributed by atoms with van der Waals surface area (Å²) in [6.45, 7) is 3.69. The molecule has 0 fully saturated rings. The smallest absolute Gasteiger partial charge is 0.340 e. The number of aryl methyl sites for hydroxylation is 1. The molecule has 2 N–H and O–H groups in total. The highest BCUT2D eigenvalue weighted by molar-refractivity contribution is 8.00. The lowest BCUT2D eigenvalue weighted by atomic mass is 10.2. The van der Waals surface area contributed by atoms with Crippen molar-refractivity contribution in [1.29, 1.82) is 0 Å². The van der Waals surface area contributed by atoms with Gasteiger partial charge in [-0.15, -0.1) is 11.8 Å². The van der Waals surface area contributed by atoms with E-state index in [4.69, 9.17) is 9.15 Å². The molecule has 0 aliphatic carbocycles.